The number of hydrogen-bond acceptors (Lipinski definition) is 4. The van der Waals surface area contributed by atoms with E-state index in [9.17, 15) is 12.8 Å². The maximum Gasteiger partial charge on any atom is 0.235 e. The van der Waals surface area contributed by atoms with E-state index in [1.165, 1.54) is 0 Å². The SMILES string of the molecule is CC.CC(C)CCC(C)F.CCN(C)c1ccc(NS(=O)(=O)C2CC2)cc1N=CC(C)(C)C. The number of anilines is 2. The van der Waals surface area contributed by atoms with Crippen LogP contribution in [0.25, 0.3) is 0 Å². The van der Waals surface area contributed by atoms with Gasteiger partial charge in [-0.2, -0.15) is 0 Å². The van der Waals surface area contributed by atoms with Gasteiger partial charge in [0, 0.05) is 19.8 Å². The molecule has 2 rings (SSSR count). The van der Waals surface area contributed by atoms with Crippen molar-refractivity contribution in [2.45, 2.75) is 99.4 Å². The third-order valence-corrected chi connectivity index (χ3v) is 6.69. The first-order valence-corrected chi connectivity index (χ1v) is 13.9. The normalized spacial score (nSPS) is 14.8. The Labute approximate surface area is 203 Å². The molecule has 5 nitrogen and oxygen atoms in total. The molecule has 1 atom stereocenters. The molecule has 1 aromatic carbocycles. The van der Waals surface area contributed by atoms with E-state index >= 15 is 0 Å². The van der Waals surface area contributed by atoms with Crippen molar-refractivity contribution < 1.29 is 12.8 Å². The van der Waals surface area contributed by atoms with Gasteiger partial charge in [-0.1, -0.05) is 48.5 Å². The third kappa shape index (κ3) is 13.6. The molecule has 1 aromatic rings. The number of rotatable bonds is 9. The van der Waals surface area contributed by atoms with E-state index in [1.807, 2.05) is 39.2 Å². The summed E-state index contributed by atoms with van der Waals surface area (Å²) in [4.78, 5) is 6.69. The van der Waals surface area contributed by atoms with Crippen molar-refractivity contribution in [3.05, 3.63) is 18.2 Å². The molecular weight excluding hydrogens is 437 g/mol. The van der Waals surface area contributed by atoms with Gasteiger partial charge >= 0.3 is 0 Å². The lowest BCUT2D eigenvalue weighted by Crippen LogP contribution is -2.18. The lowest BCUT2D eigenvalue weighted by Gasteiger charge is -2.20. The van der Waals surface area contributed by atoms with Crippen LogP contribution in [0.15, 0.2) is 23.2 Å². The maximum atomic E-state index is 12.1. The van der Waals surface area contributed by atoms with Gasteiger partial charge in [0.1, 0.15) is 0 Å². The standard InChI is InChI=1S/C17H27N3O2S.C7H15F.C2H6/c1-6-20(5)16-10-7-13(19-23(21,22)14-8-9-14)11-15(16)18-12-17(2,3)4;1-6(2)4-5-7(3)8;1-2/h7,10-12,14,19H,6,8-9H2,1-5H3;6-7H,4-5H2,1-3H3;1-2H3. The van der Waals surface area contributed by atoms with Crippen molar-refractivity contribution in [2.75, 3.05) is 23.2 Å². The highest BCUT2D eigenvalue weighted by atomic mass is 32.2. The van der Waals surface area contributed by atoms with Crippen LogP contribution < -0.4 is 9.62 Å². The van der Waals surface area contributed by atoms with Gasteiger partial charge in [-0.25, -0.2) is 12.8 Å². The van der Waals surface area contributed by atoms with Gasteiger partial charge in [0.15, 0.2) is 0 Å². The Bertz CT molecular complexity index is 803. The van der Waals surface area contributed by atoms with Crippen molar-refractivity contribution in [2.24, 2.45) is 16.3 Å². The summed E-state index contributed by atoms with van der Waals surface area (Å²) in [6.07, 6.45) is 4.52. The fourth-order valence-electron chi connectivity index (χ4n) is 2.64. The Hall–Kier alpha value is -1.63. The van der Waals surface area contributed by atoms with Crippen LogP contribution in [0, 0.1) is 11.3 Å². The summed E-state index contributed by atoms with van der Waals surface area (Å²) >= 11 is 0. The van der Waals surface area contributed by atoms with Crippen LogP contribution in [-0.2, 0) is 10.0 Å². The zero-order chi connectivity index (χ0) is 25.8. The molecule has 0 saturated heterocycles. The molecule has 192 valence electrons. The van der Waals surface area contributed by atoms with Gasteiger partial charge in [0.25, 0.3) is 0 Å². The van der Waals surface area contributed by atoms with Crippen molar-refractivity contribution in [1.29, 1.82) is 0 Å². The molecule has 1 fully saturated rings. The molecule has 33 heavy (non-hydrogen) atoms. The number of nitrogens with one attached hydrogen (secondary N) is 1. The predicted molar refractivity (Wildman–Crippen MR) is 145 cm³/mol. The van der Waals surface area contributed by atoms with Crippen molar-refractivity contribution >= 4 is 33.3 Å². The van der Waals surface area contributed by atoms with Crippen LogP contribution >= 0.6 is 0 Å². The zero-order valence-corrected chi connectivity index (χ0v) is 23.4. The lowest BCUT2D eigenvalue weighted by molar-refractivity contribution is 0.318. The molecule has 7 heteroatoms. The molecule has 0 spiro atoms. The molecule has 1 aliphatic carbocycles. The lowest BCUT2D eigenvalue weighted by atomic mass is 9.99. The van der Waals surface area contributed by atoms with Crippen molar-refractivity contribution in [3.63, 3.8) is 0 Å². The van der Waals surface area contributed by atoms with E-state index in [1.54, 1.807) is 13.0 Å². The van der Waals surface area contributed by atoms with Crippen LogP contribution in [0.2, 0.25) is 0 Å². The summed E-state index contributed by atoms with van der Waals surface area (Å²) in [6, 6.07) is 5.53. The largest absolute Gasteiger partial charge is 0.373 e. The van der Waals surface area contributed by atoms with Gasteiger partial charge < -0.3 is 4.90 Å². The molecule has 1 unspecified atom stereocenters. The van der Waals surface area contributed by atoms with Gasteiger partial charge in [-0.15, -0.1) is 0 Å². The van der Waals surface area contributed by atoms with Crippen LogP contribution in [0.5, 0.6) is 0 Å². The molecular formula is C26H48FN3O2S. The van der Waals surface area contributed by atoms with E-state index in [0.29, 0.717) is 11.6 Å². The number of alkyl halides is 1. The van der Waals surface area contributed by atoms with Crippen LogP contribution in [0.3, 0.4) is 0 Å². The minimum atomic E-state index is -3.25. The molecule has 0 amide bonds. The molecule has 0 heterocycles. The minimum Gasteiger partial charge on any atom is -0.373 e. The van der Waals surface area contributed by atoms with Gasteiger partial charge in [0.2, 0.25) is 10.0 Å². The van der Waals surface area contributed by atoms with E-state index in [0.717, 1.165) is 43.6 Å². The fraction of sp³-hybridized carbons (Fsp3) is 0.731. The Morgan fingerprint density at radius 1 is 1.18 bits per heavy atom. The molecule has 1 N–H and O–H groups in total. The van der Waals surface area contributed by atoms with E-state index in [-0.39, 0.29) is 10.7 Å². The Morgan fingerprint density at radius 2 is 1.76 bits per heavy atom. The van der Waals surface area contributed by atoms with Gasteiger partial charge in [-0.3, -0.25) is 9.71 Å². The minimum absolute atomic E-state index is 0.0361. The van der Waals surface area contributed by atoms with Crippen molar-refractivity contribution in [3.8, 4) is 0 Å². The second kappa shape index (κ2) is 14.6. The van der Waals surface area contributed by atoms with E-state index < -0.39 is 16.2 Å². The Balaban J connectivity index is 0.000000868. The Morgan fingerprint density at radius 3 is 2.15 bits per heavy atom. The van der Waals surface area contributed by atoms with E-state index in [2.05, 4.69) is 56.2 Å². The smallest absolute Gasteiger partial charge is 0.235 e. The number of sulfonamides is 1. The second-order valence-corrected chi connectivity index (χ2v) is 11.9. The molecule has 0 bridgehead atoms. The number of nitrogens with zero attached hydrogens (tertiary/aromatic N) is 2. The summed E-state index contributed by atoms with van der Waals surface area (Å²) in [5.74, 6) is 0.646. The zero-order valence-electron chi connectivity index (χ0n) is 22.6. The second-order valence-electron chi connectivity index (χ2n) is 9.94. The van der Waals surface area contributed by atoms with Gasteiger partial charge in [-0.05, 0) is 69.1 Å². The third-order valence-electron chi connectivity index (χ3n) is 4.82. The average Bonchev–Trinajstić information content (AvgIpc) is 3.57. The van der Waals surface area contributed by atoms with Gasteiger partial charge in [0.05, 0.1) is 28.5 Å². The van der Waals surface area contributed by atoms with Crippen LogP contribution in [0.1, 0.15) is 88.0 Å². The average molecular weight is 486 g/mol. The molecule has 0 aliphatic heterocycles. The summed E-state index contributed by atoms with van der Waals surface area (Å²) in [5, 5.41) is -0.234. The maximum absolute atomic E-state index is 12.1. The highest BCUT2D eigenvalue weighted by Gasteiger charge is 2.35. The quantitative estimate of drug-likeness (QED) is 0.366. The summed E-state index contributed by atoms with van der Waals surface area (Å²) in [6.45, 7) is 19.0. The monoisotopic (exact) mass is 485 g/mol. The topological polar surface area (TPSA) is 61.8 Å². The number of benzene rings is 1. The van der Waals surface area contributed by atoms with Crippen LogP contribution in [0.4, 0.5) is 21.5 Å². The summed E-state index contributed by atoms with van der Waals surface area (Å²) < 4.78 is 39.0. The first kappa shape index (κ1) is 31.4. The number of aliphatic imine (C=N–C) groups is 1. The number of hydrogen-bond donors (Lipinski definition) is 1. The summed E-state index contributed by atoms with van der Waals surface area (Å²) in [7, 11) is -1.25. The first-order chi connectivity index (χ1) is 15.2. The summed E-state index contributed by atoms with van der Waals surface area (Å²) in [5.41, 5.74) is 2.31. The fourth-order valence-corrected chi connectivity index (χ4v) is 4.01. The molecule has 1 aliphatic rings. The highest BCUT2D eigenvalue weighted by Crippen LogP contribution is 2.34. The first-order valence-electron chi connectivity index (χ1n) is 12.3. The predicted octanol–water partition coefficient (Wildman–Crippen LogP) is 7.60. The van der Waals surface area contributed by atoms with Crippen LogP contribution in [-0.4, -0.2) is 39.6 Å². The molecule has 0 aromatic heterocycles. The number of halogens is 1. The molecule has 1 saturated carbocycles. The highest BCUT2D eigenvalue weighted by molar-refractivity contribution is 7.93. The van der Waals surface area contributed by atoms with Crippen molar-refractivity contribution in [1.82, 2.24) is 0 Å². The molecule has 0 radical (unpaired) electrons. The van der Waals surface area contributed by atoms with E-state index in [4.69, 9.17) is 0 Å². The Kier molecular flexibility index (Phi) is 13.9.